The van der Waals surface area contributed by atoms with E-state index in [4.69, 9.17) is 53.1 Å². The number of carbonyl (C=O) groups excluding carboxylic acids is 9. The van der Waals surface area contributed by atoms with E-state index in [0.29, 0.717) is 68.0 Å². The molecule has 0 spiro atoms. The van der Waals surface area contributed by atoms with Crippen LogP contribution < -0.4 is 30.7 Å². The second-order valence-corrected chi connectivity index (χ2v) is 36.6. The largest absolute Gasteiger partial charge is 0.488 e. The number of aryl methyl sites for hydroxylation is 2. The maximum Gasteiger partial charge on any atom is 0.407 e. The van der Waals surface area contributed by atoms with Crippen LogP contribution >= 0.6 is 0 Å². The Morgan fingerprint density at radius 1 is 0.474 bits per heavy atom. The van der Waals surface area contributed by atoms with E-state index in [2.05, 4.69) is 115 Å². The number of rotatable bonds is 23. The summed E-state index contributed by atoms with van der Waals surface area (Å²) in [5, 5.41) is 10.6. The number of nitrogens with one attached hydrogen (secondary N) is 6. The molecule has 0 bridgehead atoms. The van der Waals surface area contributed by atoms with Crippen molar-refractivity contribution in [1.82, 2.24) is 55.9 Å². The summed E-state index contributed by atoms with van der Waals surface area (Å²) >= 11 is 0. The van der Waals surface area contributed by atoms with Crippen molar-refractivity contribution in [2.24, 2.45) is 33.7 Å². The Morgan fingerprint density at radius 2 is 0.932 bits per heavy atom. The maximum atomic E-state index is 14.3. The number of aromatic amines is 2. The lowest BCUT2D eigenvalue weighted by Crippen LogP contribution is -2.55. The minimum Gasteiger partial charge on any atom is -0.488 e. The van der Waals surface area contributed by atoms with Crippen LogP contribution in [0.1, 0.15) is 199 Å². The van der Waals surface area contributed by atoms with Crippen molar-refractivity contribution in [2.45, 2.75) is 205 Å². The molecule has 3 saturated heterocycles. The number of fused-ring (bicyclic) bond motifs is 10. The quantitative estimate of drug-likeness (QED) is 0.0150. The van der Waals surface area contributed by atoms with Gasteiger partial charge in [0.15, 0.2) is 6.04 Å². The first-order valence-corrected chi connectivity index (χ1v) is 46.0. The fraction of sp³-hybridized carbons (Fsp3) is 0.441. The molecule has 18 rings (SSSR count). The summed E-state index contributed by atoms with van der Waals surface area (Å²) in [4.78, 5) is 145. The van der Waals surface area contributed by atoms with Crippen LogP contribution in [0.25, 0.3) is 55.9 Å². The van der Waals surface area contributed by atoms with Gasteiger partial charge in [-0.05, 0) is 223 Å². The van der Waals surface area contributed by atoms with Gasteiger partial charge >= 0.3 is 36.8 Å². The lowest BCUT2D eigenvalue weighted by atomic mass is 9.83. The number of aliphatic imine (C=N–C) groups is 2. The Kier molecular flexibility index (Phi) is 28.5. The number of likely N-dealkylation sites (tertiary alicyclic amines) is 3. The first kappa shape index (κ1) is 93.0. The minimum atomic E-state index is -1.08. The maximum absolute atomic E-state index is 14.3. The second kappa shape index (κ2) is 40.8. The molecule has 133 heavy (non-hydrogen) atoms. The van der Waals surface area contributed by atoms with E-state index in [0.717, 1.165) is 168 Å². The summed E-state index contributed by atoms with van der Waals surface area (Å²) in [6, 6.07) is 35.7. The third kappa shape index (κ3) is 19.7. The lowest BCUT2D eigenvalue weighted by molar-refractivity contribution is -0.153. The van der Waals surface area contributed by atoms with Gasteiger partial charge in [-0.25, -0.2) is 33.9 Å². The molecule has 2 aromatic heterocycles. The van der Waals surface area contributed by atoms with Crippen molar-refractivity contribution in [3.63, 3.8) is 0 Å². The smallest absolute Gasteiger partial charge is 0.407 e. The number of benzene rings is 6. The van der Waals surface area contributed by atoms with Crippen molar-refractivity contribution in [2.75, 3.05) is 62.4 Å². The summed E-state index contributed by atoms with van der Waals surface area (Å²) < 4.78 is 47.1. The summed E-state index contributed by atoms with van der Waals surface area (Å²) in [5.74, 6) is 3.15. The number of methoxy groups -OCH3 is 6. The number of H-pyrrole nitrogens is 2. The molecule has 8 aromatic rings. The first-order valence-electron chi connectivity index (χ1n) is 46.0. The highest BCUT2D eigenvalue weighted by molar-refractivity contribution is 6.07. The lowest BCUT2D eigenvalue weighted by Gasteiger charge is -2.34. The SMILES string of the molecule is COC(=O)N[C@@H](C(=O)OC=O)c1ccccc1.COC[C@@H]1CC[C@H](c2ncc(-c3ccc4c(c3)COc3cc5c(cc3-4)CCC3=C5CC([C@@H]4CC[C@H](C)N4C(=O)[C@@H](NC(=O)OC)C(C)C)=N3)[nH]2)C1.COC[C@H]1C[C@@H](c2ncc(-c3ccc4c(c3)COc3cc5c(cc3-4)CCC3=C5CC([C@@H]4CC[C@H](C)N4C(=O)[C@@H](NC(=O)OC)C(C)C)=N3)[nH]2)N(C(=O)[C@H](NC(=O)OC)c2ccccc2)C1. The third-order valence-electron chi connectivity index (χ3n) is 27.6. The van der Waals surface area contributed by atoms with Crippen LogP contribution in [-0.2, 0) is 83.2 Å². The Morgan fingerprint density at radius 3 is 1.41 bits per heavy atom. The fourth-order valence-corrected chi connectivity index (χ4v) is 20.8. The number of amides is 7. The van der Waals surface area contributed by atoms with Gasteiger partial charge in [0.2, 0.25) is 11.8 Å². The number of carbonyl (C=O) groups is 9. The molecule has 7 aliphatic heterocycles. The number of aromatic nitrogens is 4. The highest BCUT2D eigenvalue weighted by atomic mass is 16.6. The Hall–Kier alpha value is -13.3. The van der Waals surface area contributed by atoms with Gasteiger partial charge in [0.1, 0.15) is 54.5 Å². The van der Waals surface area contributed by atoms with Gasteiger partial charge in [0, 0.05) is 98.1 Å². The monoisotopic (exact) mass is 1810 g/mol. The van der Waals surface area contributed by atoms with Crippen LogP contribution in [0.5, 0.6) is 11.5 Å². The molecule has 10 aliphatic rings. The van der Waals surface area contributed by atoms with Crippen LogP contribution in [0.4, 0.5) is 19.2 Å². The van der Waals surface area contributed by atoms with E-state index >= 15 is 0 Å². The van der Waals surface area contributed by atoms with Crippen molar-refractivity contribution >= 4 is 77.1 Å². The predicted octanol–water partition coefficient (Wildman–Crippen LogP) is 15.7. The normalized spacial score (nSPS) is 21.2. The molecule has 1 saturated carbocycles. The molecule has 12 atom stereocenters. The number of allylic oxidation sites excluding steroid dienone is 4. The third-order valence-corrected chi connectivity index (χ3v) is 27.6. The topological polar surface area (TPSA) is 377 Å². The van der Waals surface area contributed by atoms with Crippen LogP contribution in [0, 0.1) is 23.7 Å². The first-order chi connectivity index (χ1) is 64.4. The molecular weight excluding hydrogens is 1700 g/mol. The van der Waals surface area contributed by atoms with Gasteiger partial charge < -0.3 is 88.6 Å². The predicted molar refractivity (Wildman–Crippen MR) is 497 cm³/mol. The van der Waals surface area contributed by atoms with Gasteiger partial charge in [0.05, 0.1) is 77.0 Å². The average Bonchev–Trinajstić information content (AvgIpc) is 1.64. The Balaban J connectivity index is 0.000000168. The summed E-state index contributed by atoms with van der Waals surface area (Å²) in [5.41, 5.74) is 23.6. The van der Waals surface area contributed by atoms with Crippen molar-refractivity contribution in [1.29, 1.82) is 0 Å². The van der Waals surface area contributed by atoms with E-state index in [1.165, 1.54) is 73.8 Å². The fourth-order valence-electron chi connectivity index (χ4n) is 20.8. The van der Waals surface area contributed by atoms with Crippen LogP contribution in [0.15, 0.2) is 155 Å². The Bertz CT molecular complexity index is 5880. The minimum absolute atomic E-state index is 0.0111. The summed E-state index contributed by atoms with van der Waals surface area (Å²) in [6.45, 7) is 14.6. The van der Waals surface area contributed by atoms with Gasteiger partial charge in [-0.1, -0.05) is 113 Å². The highest BCUT2D eigenvalue weighted by Crippen LogP contribution is 2.51. The number of nitrogens with zero attached hydrogens (tertiary/aromatic N) is 7. The number of hydrogen-bond donors (Lipinski definition) is 6. The molecule has 6 aromatic carbocycles. The standard InChI is InChI=1S/C50H57N7O8.C41H49N5O5.C11H11NO5/c1-27(2)44(54-49(60)63-5)48(59)57-28(3)12-17-41(57)39-21-36-35-22-43-37(20-31(35)14-16-38(36)52-39)34-15-13-32(19-33(34)26-65-43)40-23-51-46(53-40)42-18-29(25-62-4)24-56(42)47(58)45(55-50(61)64-6)30-10-8-7-9-11-30;1-22(2)38(45-41(48)50-5)40(47)46-23(3)6-13-36(46)34-17-31-30-18-37-32(16-25(30)10-12-33(31)43-34)29-11-9-26(15-28(29)21-51-37)35-19-42-39(44-35)27-8-7-24(14-27)20-49-4;1-16-11(15)12-9(10(14)17-7-13)8-5-3-2-4-6-8/h7-11,13,15,19-20,22-23,27-29,41-42,44-45H,12,14,16-18,21,24-26H2,1-6H3,(H,51,53)(H,54,60)(H,55,61);9,11,15-16,18-19,22-24,27,36,38H,6-8,10,12-14,17,20-21H2,1-5H3,(H,42,44)(H,45,48);2-7,9H,1H3,(H,12,15)/t28-,29-,41-,42-,44-,45+;23-,24+,27-,36-,38-;9-/m001/s1. The van der Waals surface area contributed by atoms with Gasteiger partial charge in [-0.2, -0.15) is 0 Å². The molecule has 6 N–H and O–H groups in total. The molecule has 698 valence electrons. The number of alkyl carbamates (subject to hydrolysis) is 4. The Labute approximate surface area is 773 Å². The molecule has 3 aliphatic carbocycles. The molecule has 31 heteroatoms. The summed E-state index contributed by atoms with van der Waals surface area (Å²) in [7, 11) is 8.52. The molecule has 4 fully saturated rings. The molecule has 9 heterocycles. The second-order valence-electron chi connectivity index (χ2n) is 36.6. The van der Waals surface area contributed by atoms with E-state index in [-0.39, 0.29) is 72.2 Å². The molecular formula is C102H117N13O18. The summed E-state index contributed by atoms with van der Waals surface area (Å²) in [6.07, 6.45) is 13.5. The number of esters is 1. The van der Waals surface area contributed by atoms with E-state index in [1.807, 2.05) is 80.2 Å². The van der Waals surface area contributed by atoms with Crippen molar-refractivity contribution < 1.29 is 85.8 Å². The number of imidazole rings is 2. The van der Waals surface area contributed by atoms with E-state index in [1.54, 1.807) is 49.5 Å². The highest BCUT2D eigenvalue weighted by Gasteiger charge is 2.47. The van der Waals surface area contributed by atoms with Crippen molar-refractivity contribution in [3.8, 4) is 56.3 Å². The number of hydrogen-bond acceptors (Lipinski definition) is 22. The van der Waals surface area contributed by atoms with E-state index in [9.17, 15) is 43.2 Å². The van der Waals surface area contributed by atoms with Gasteiger partial charge in [0.25, 0.3) is 5.91 Å². The molecule has 7 amide bonds. The van der Waals surface area contributed by atoms with Crippen LogP contribution in [-0.4, -0.2) is 199 Å². The van der Waals surface area contributed by atoms with Crippen LogP contribution in [0.3, 0.4) is 0 Å². The zero-order chi connectivity index (χ0) is 93.6. The average molecular weight is 1810 g/mol. The van der Waals surface area contributed by atoms with Crippen LogP contribution in [0.2, 0.25) is 0 Å². The zero-order valence-corrected chi connectivity index (χ0v) is 77.3. The molecule has 31 nitrogen and oxygen atoms in total. The number of ether oxygens (including phenoxy) is 9. The molecule has 0 radical (unpaired) electrons. The van der Waals surface area contributed by atoms with Gasteiger partial charge in [-0.15, -0.1) is 0 Å². The van der Waals surface area contributed by atoms with Crippen molar-refractivity contribution in [3.05, 3.63) is 201 Å². The van der Waals surface area contributed by atoms with E-state index < -0.39 is 54.5 Å². The zero-order valence-electron chi connectivity index (χ0n) is 77.3. The molecule has 0 unspecified atom stereocenters. The van der Waals surface area contributed by atoms with Gasteiger partial charge in [-0.3, -0.25) is 29.2 Å².